The van der Waals surface area contributed by atoms with Crippen molar-refractivity contribution in [1.29, 1.82) is 0 Å². The number of aryl methyl sites for hydroxylation is 1. The summed E-state index contributed by atoms with van der Waals surface area (Å²) in [4.78, 5) is 29.3. The highest BCUT2D eigenvalue weighted by Crippen LogP contribution is 2.22. The summed E-state index contributed by atoms with van der Waals surface area (Å²) in [7, 11) is -3.67. The van der Waals surface area contributed by atoms with Gasteiger partial charge in [0.25, 0.3) is 0 Å². The van der Waals surface area contributed by atoms with E-state index in [0.29, 0.717) is 38.3 Å². The van der Waals surface area contributed by atoms with Gasteiger partial charge in [0.1, 0.15) is 6.54 Å². The largest absolute Gasteiger partial charge is 0.462 e. The van der Waals surface area contributed by atoms with E-state index in [2.05, 4.69) is 4.98 Å². The minimum atomic E-state index is -3.67. The number of H-pyrrole nitrogens is 1. The van der Waals surface area contributed by atoms with Crippen LogP contribution < -0.4 is 4.90 Å². The standard InChI is InChI=1S/C24H27N3O5S/c1-3-32-24(29)18-8-10-19(11-9-18)33(30,31)27-14-12-26(13-15-27)16-22(28)23-17(2)25-21-7-5-4-6-20(21)23/h4-11,25H,3,12-16H2,1-2H3/p+1. The number of carbonyl (C=O) groups is 2. The lowest BCUT2D eigenvalue weighted by molar-refractivity contribution is -0.895. The summed E-state index contributed by atoms with van der Waals surface area (Å²) in [5.41, 5.74) is 2.83. The molecule has 1 aliphatic rings. The monoisotopic (exact) mass is 470 g/mol. The van der Waals surface area contributed by atoms with Crippen molar-refractivity contribution in [1.82, 2.24) is 9.29 Å². The Hall–Kier alpha value is -3.01. The number of quaternary nitrogens is 1. The van der Waals surface area contributed by atoms with Crippen LogP contribution in [0.2, 0.25) is 0 Å². The number of piperazine rings is 1. The lowest BCUT2D eigenvalue weighted by Gasteiger charge is -2.31. The Labute approximate surface area is 193 Å². The molecule has 2 heterocycles. The van der Waals surface area contributed by atoms with Gasteiger partial charge in [-0.25, -0.2) is 13.2 Å². The number of sulfonamides is 1. The molecule has 33 heavy (non-hydrogen) atoms. The van der Waals surface area contributed by atoms with Crippen molar-refractivity contribution in [2.45, 2.75) is 18.7 Å². The Morgan fingerprint density at radius 1 is 1.06 bits per heavy atom. The van der Waals surface area contributed by atoms with Crippen LogP contribution in [-0.2, 0) is 14.8 Å². The van der Waals surface area contributed by atoms with Crippen molar-refractivity contribution in [3.8, 4) is 0 Å². The lowest BCUT2D eigenvalue weighted by atomic mass is 10.1. The molecule has 0 aliphatic carbocycles. The van der Waals surface area contributed by atoms with Crippen LogP contribution in [0.15, 0.2) is 53.4 Å². The Morgan fingerprint density at radius 2 is 1.73 bits per heavy atom. The molecule has 1 aliphatic heterocycles. The number of ether oxygens (including phenoxy) is 1. The minimum absolute atomic E-state index is 0.0609. The Bertz CT molecular complexity index is 1270. The van der Waals surface area contributed by atoms with E-state index in [1.165, 1.54) is 28.6 Å². The number of carbonyl (C=O) groups excluding carboxylic acids is 2. The minimum Gasteiger partial charge on any atom is -0.462 e. The van der Waals surface area contributed by atoms with Crippen LogP contribution in [-0.4, -0.2) is 68.8 Å². The van der Waals surface area contributed by atoms with Crippen LogP contribution in [0.1, 0.15) is 33.3 Å². The van der Waals surface area contributed by atoms with Gasteiger partial charge in [0.15, 0.2) is 0 Å². The van der Waals surface area contributed by atoms with Gasteiger partial charge in [-0.3, -0.25) is 4.79 Å². The summed E-state index contributed by atoms with van der Waals surface area (Å²) < 4.78 is 32.4. The maximum atomic E-state index is 13.0. The smallest absolute Gasteiger partial charge is 0.338 e. The van der Waals surface area contributed by atoms with E-state index in [1.54, 1.807) is 6.92 Å². The summed E-state index contributed by atoms with van der Waals surface area (Å²) in [6.07, 6.45) is 0. The fourth-order valence-electron chi connectivity index (χ4n) is 4.30. The zero-order valence-electron chi connectivity index (χ0n) is 18.8. The molecular formula is C24H28N3O5S+. The second-order valence-corrected chi connectivity index (χ2v) is 10.1. The van der Waals surface area contributed by atoms with Crippen molar-refractivity contribution in [2.75, 3.05) is 39.3 Å². The van der Waals surface area contributed by atoms with Gasteiger partial charge in [0.05, 0.1) is 48.8 Å². The predicted octanol–water partition coefficient (Wildman–Crippen LogP) is 1.43. The summed E-state index contributed by atoms with van der Waals surface area (Å²) in [6.45, 7) is 5.96. The molecule has 1 aromatic heterocycles. The van der Waals surface area contributed by atoms with Crippen molar-refractivity contribution in [2.24, 2.45) is 0 Å². The SMILES string of the molecule is CCOC(=O)c1ccc(S(=O)(=O)N2CC[NH+](CC(=O)c3c(C)[nH]c4ccccc34)CC2)cc1. The Kier molecular flexibility index (Phi) is 6.64. The molecule has 174 valence electrons. The van der Waals surface area contributed by atoms with E-state index >= 15 is 0 Å². The van der Waals surface area contributed by atoms with Gasteiger partial charge in [-0.05, 0) is 44.2 Å². The van der Waals surface area contributed by atoms with Gasteiger partial charge in [0.2, 0.25) is 15.8 Å². The highest BCUT2D eigenvalue weighted by molar-refractivity contribution is 7.89. The molecule has 0 atom stereocenters. The first-order chi connectivity index (χ1) is 15.8. The summed E-state index contributed by atoms with van der Waals surface area (Å²) in [6, 6.07) is 13.6. The Morgan fingerprint density at radius 3 is 2.39 bits per heavy atom. The number of benzene rings is 2. The molecule has 0 unspecified atom stereocenters. The summed E-state index contributed by atoms with van der Waals surface area (Å²) in [5.74, 6) is -0.417. The van der Waals surface area contributed by atoms with Crippen molar-refractivity contribution in [3.63, 3.8) is 0 Å². The zero-order chi connectivity index (χ0) is 23.6. The fourth-order valence-corrected chi connectivity index (χ4v) is 5.74. The third-order valence-corrected chi connectivity index (χ3v) is 7.93. The van der Waals surface area contributed by atoms with Crippen LogP contribution >= 0.6 is 0 Å². The van der Waals surface area contributed by atoms with Crippen molar-refractivity contribution in [3.05, 3.63) is 65.4 Å². The van der Waals surface area contributed by atoms with Crippen LogP contribution in [0.5, 0.6) is 0 Å². The second-order valence-electron chi connectivity index (χ2n) is 8.17. The average Bonchev–Trinajstić information content (AvgIpc) is 3.15. The first kappa shape index (κ1) is 23.2. The lowest BCUT2D eigenvalue weighted by Crippen LogP contribution is -3.15. The van der Waals surface area contributed by atoms with Gasteiger partial charge >= 0.3 is 5.97 Å². The molecule has 0 saturated carbocycles. The maximum absolute atomic E-state index is 13.0. The quantitative estimate of drug-likeness (QED) is 0.402. The highest BCUT2D eigenvalue weighted by Gasteiger charge is 2.32. The van der Waals surface area contributed by atoms with Crippen LogP contribution in [0.3, 0.4) is 0 Å². The predicted molar refractivity (Wildman–Crippen MR) is 124 cm³/mol. The molecule has 0 bridgehead atoms. The number of aromatic amines is 1. The van der Waals surface area contributed by atoms with Gasteiger partial charge in [-0.1, -0.05) is 18.2 Å². The maximum Gasteiger partial charge on any atom is 0.338 e. The molecular weight excluding hydrogens is 442 g/mol. The molecule has 8 nitrogen and oxygen atoms in total. The topological polar surface area (TPSA) is 101 Å². The molecule has 0 amide bonds. The number of aromatic nitrogens is 1. The first-order valence-corrected chi connectivity index (χ1v) is 12.5. The van der Waals surface area contributed by atoms with E-state index in [0.717, 1.165) is 27.1 Å². The number of para-hydroxylation sites is 1. The van der Waals surface area contributed by atoms with E-state index < -0.39 is 16.0 Å². The molecule has 4 rings (SSSR count). The number of nitrogens with zero attached hydrogens (tertiary/aromatic N) is 1. The third-order valence-electron chi connectivity index (χ3n) is 6.02. The number of esters is 1. The first-order valence-electron chi connectivity index (χ1n) is 11.0. The number of fused-ring (bicyclic) bond motifs is 1. The second kappa shape index (κ2) is 9.46. The van der Waals surface area contributed by atoms with Gasteiger partial charge in [-0.2, -0.15) is 4.31 Å². The van der Waals surface area contributed by atoms with Crippen LogP contribution in [0.25, 0.3) is 10.9 Å². The number of rotatable bonds is 7. The molecule has 2 N–H and O–H groups in total. The highest BCUT2D eigenvalue weighted by atomic mass is 32.2. The number of Topliss-reactive ketones (excluding diaryl/α,β-unsaturated/α-hetero) is 1. The van der Waals surface area contributed by atoms with E-state index in [-0.39, 0.29) is 17.3 Å². The molecule has 0 spiro atoms. The summed E-state index contributed by atoms with van der Waals surface area (Å²) >= 11 is 0. The van der Waals surface area contributed by atoms with Gasteiger partial charge in [-0.15, -0.1) is 0 Å². The molecule has 9 heteroatoms. The molecule has 3 aromatic rings. The molecule has 0 radical (unpaired) electrons. The average molecular weight is 471 g/mol. The van der Waals surface area contributed by atoms with Gasteiger partial charge in [0, 0.05) is 16.6 Å². The van der Waals surface area contributed by atoms with E-state index in [4.69, 9.17) is 4.74 Å². The number of nitrogens with one attached hydrogen (secondary N) is 2. The normalized spacial score (nSPS) is 15.6. The van der Waals surface area contributed by atoms with E-state index in [9.17, 15) is 18.0 Å². The number of ketones is 1. The molecule has 2 aromatic carbocycles. The van der Waals surface area contributed by atoms with E-state index in [1.807, 2.05) is 31.2 Å². The number of hydrogen-bond donors (Lipinski definition) is 2. The third kappa shape index (κ3) is 4.71. The number of hydrogen-bond acceptors (Lipinski definition) is 5. The van der Waals surface area contributed by atoms with Crippen LogP contribution in [0.4, 0.5) is 0 Å². The fraction of sp³-hybridized carbons (Fsp3) is 0.333. The zero-order valence-corrected chi connectivity index (χ0v) is 19.6. The van der Waals surface area contributed by atoms with Crippen molar-refractivity contribution >= 4 is 32.7 Å². The molecule has 1 fully saturated rings. The van der Waals surface area contributed by atoms with Gasteiger partial charge < -0.3 is 14.6 Å². The molecule has 1 saturated heterocycles. The summed E-state index contributed by atoms with van der Waals surface area (Å²) in [5, 5.41) is 0.923. The Balaban J connectivity index is 1.39. The van der Waals surface area contributed by atoms with Crippen LogP contribution in [0, 0.1) is 6.92 Å². The van der Waals surface area contributed by atoms with Crippen molar-refractivity contribution < 1.29 is 27.6 Å².